The van der Waals surface area contributed by atoms with Crippen molar-refractivity contribution >= 4 is 54.5 Å². The highest BCUT2D eigenvalue weighted by atomic mass is 35.5. The van der Waals surface area contributed by atoms with Gasteiger partial charge in [-0.25, -0.2) is 0 Å². The van der Waals surface area contributed by atoms with Crippen LogP contribution in [0, 0.1) is 13.8 Å². The lowest BCUT2D eigenvalue weighted by Gasteiger charge is -2.01. The van der Waals surface area contributed by atoms with E-state index in [4.69, 9.17) is 11.6 Å². The minimum Gasteiger partial charge on any atom is -0.319 e. The van der Waals surface area contributed by atoms with Gasteiger partial charge in [0.05, 0.1) is 14.6 Å². The van der Waals surface area contributed by atoms with Gasteiger partial charge < -0.3 is 4.57 Å². The normalized spacial score (nSPS) is 13.2. The first-order chi connectivity index (χ1) is 10.3. The summed E-state index contributed by atoms with van der Waals surface area (Å²) >= 11 is 8.19. The molecule has 116 valence electrons. The molecule has 3 rings (SSSR count). The number of thiazole rings is 1. The first-order valence-electron chi connectivity index (χ1n) is 6.41. The molecule has 8 heteroatoms. The van der Waals surface area contributed by atoms with E-state index in [2.05, 4.69) is 10.5 Å². The number of hydrogen-bond acceptors (Lipinski definition) is 4. The van der Waals surface area contributed by atoms with Crippen LogP contribution in [0.4, 0.5) is 0 Å². The van der Waals surface area contributed by atoms with Crippen LogP contribution in [-0.4, -0.2) is 13.0 Å². The summed E-state index contributed by atoms with van der Waals surface area (Å²) in [5, 5.41) is 0. The minimum atomic E-state index is -3.74. The molecule has 0 amide bonds. The van der Waals surface area contributed by atoms with E-state index in [0.717, 1.165) is 32.7 Å². The summed E-state index contributed by atoms with van der Waals surface area (Å²) in [5.41, 5.74) is 3.26. The molecular formula is C14H13ClN2O2S3. The van der Waals surface area contributed by atoms with Crippen molar-refractivity contribution in [1.82, 2.24) is 4.57 Å². The molecule has 0 saturated heterocycles. The van der Waals surface area contributed by atoms with Crippen LogP contribution in [0.15, 0.2) is 32.9 Å². The van der Waals surface area contributed by atoms with Gasteiger partial charge in [0.1, 0.15) is 4.21 Å². The molecular weight excluding hydrogens is 360 g/mol. The predicted molar refractivity (Wildman–Crippen MR) is 92.3 cm³/mol. The van der Waals surface area contributed by atoms with Crippen molar-refractivity contribution in [2.45, 2.75) is 18.1 Å². The number of aromatic nitrogens is 1. The zero-order valence-electron chi connectivity index (χ0n) is 12.1. The smallest absolute Gasteiger partial charge is 0.294 e. The molecule has 22 heavy (non-hydrogen) atoms. The third-order valence-corrected chi connectivity index (χ3v) is 7.39. The number of fused-ring (bicyclic) bond motifs is 1. The van der Waals surface area contributed by atoms with Crippen LogP contribution in [0.2, 0.25) is 4.34 Å². The van der Waals surface area contributed by atoms with Gasteiger partial charge in [-0.2, -0.15) is 8.42 Å². The average molecular weight is 373 g/mol. The number of benzene rings is 1. The number of sulfonamides is 1. The Bertz CT molecular complexity index is 1040. The van der Waals surface area contributed by atoms with E-state index in [1.165, 1.54) is 17.4 Å². The van der Waals surface area contributed by atoms with Crippen molar-refractivity contribution in [2.75, 3.05) is 0 Å². The lowest BCUT2D eigenvalue weighted by molar-refractivity contribution is 0.598. The maximum atomic E-state index is 12.4. The molecule has 2 heterocycles. The van der Waals surface area contributed by atoms with E-state index in [1.54, 1.807) is 6.07 Å². The predicted octanol–water partition coefficient (Wildman–Crippen LogP) is 3.86. The van der Waals surface area contributed by atoms with Crippen LogP contribution in [0.25, 0.3) is 10.2 Å². The maximum absolute atomic E-state index is 12.4. The minimum absolute atomic E-state index is 0.155. The summed E-state index contributed by atoms with van der Waals surface area (Å²) in [4.78, 5) is 0.452. The van der Waals surface area contributed by atoms with Gasteiger partial charge >= 0.3 is 0 Å². The standard InChI is InChI=1S/C14H13ClN2O2S3/c1-8-6-9(2)13-10(7-8)20-14(17(13)3)16-22(18,19)12-5-4-11(15)21-12/h4-7H,1-3H3. The number of thiophene rings is 1. The number of rotatable bonds is 2. The fourth-order valence-electron chi connectivity index (χ4n) is 2.36. The van der Waals surface area contributed by atoms with Gasteiger partial charge in [-0.05, 0) is 43.2 Å². The van der Waals surface area contributed by atoms with Crippen LogP contribution in [-0.2, 0) is 17.1 Å². The molecule has 0 fully saturated rings. The van der Waals surface area contributed by atoms with E-state index in [0.29, 0.717) is 9.14 Å². The number of nitrogens with zero attached hydrogens (tertiary/aromatic N) is 2. The summed E-state index contributed by atoms with van der Waals surface area (Å²) in [6, 6.07) is 7.16. The molecule has 1 aromatic carbocycles. The molecule has 0 aliphatic rings. The topological polar surface area (TPSA) is 51.4 Å². The Morgan fingerprint density at radius 1 is 1.18 bits per heavy atom. The van der Waals surface area contributed by atoms with Crippen molar-refractivity contribution in [3.8, 4) is 0 Å². The molecule has 0 aliphatic carbocycles. The summed E-state index contributed by atoms with van der Waals surface area (Å²) in [6.45, 7) is 4.03. The van der Waals surface area contributed by atoms with Gasteiger partial charge in [0.15, 0.2) is 0 Å². The second-order valence-electron chi connectivity index (χ2n) is 5.00. The van der Waals surface area contributed by atoms with Crippen molar-refractivity contribution in [2.24, 2.45) is 11.4 Å². The van der Waals surface area contributed by atoms with Crippen LogP contribution in [0.5, 0.6) is 0 Å². The third-order valence-electron chi connectivity index (χ3n) is 3.23. The fourth-order valence-corrected chi connectivity index (χ4v) is 6.24. The average Bonchev–Trinajstić information content (AvgIpc) is 2.95. The first kappa shape index (κ1) is 15.7. The zero-order valence-corrected chi connectivity index (χ0v) is 15.3. The fraction of sp³-hybridized carbons (Fsp3) is 0.214. The van der Waals surface area contributed by atoms with E-state index < -0.39 is 10.0 Å². The van der Waals surface area contributed by atoms with Gasteiger partial charge in [0.25, 0.3) is 10.0 Å². The number of hydrogen-bond donors (Lipinski definition) is 0. The van der Waals surface area contributed by atoms with Crippen molar-refractivity contribution < 1.29 is 8.42 Å². The Balaban J connectivity index is 2.26. The van der Waals surface area contributed by atoms with E-state index in [9.17, 15) is 8.42 Å². The second-order valence-corrected chi connectivity index (χ2v) is 9.55. The highest BCUT2D eigenvalue weighted by molar-refractivity contribution is 7.92. The Morgan fingerprint density at radius 3 is 2.55 bits per heavy atom. The van der Waals surface area contributed by atoms with Gasteiger partial charge in [-0.3, -0.25) is 0 Å². The third kappa shape index (κ3) is 2.74. The van der Waals surface area contributed by atoms with Crippen LogP contribution < -0.4 is 4.80 Å². The molecule has 3 aromatic rings. The lowest BCUT2D eigenvalue weighted by Crippen LogP contribution is -2.13. The highest BCUT2D eigenvalue weighted by Crippen LogP contribution is 2.27. The van der Waals surface area contributed by atoms with Gasteiger partial charge in [-0.15, -0.1) is 15.7 Å². The molecule has 0 atom stereocenters. The zero-order chi connectivity index (χ0) is 16.1. The molecule has 0 saturated carbocycles. The Labute approximate surface area is 141 Å². The number of aryl methyl sites for hydroxylation is 3. The Kier molecular flexibility index (Phi) is 3.92. The molecule has 0 radical (unpaired) electrons. The second kappa shape index (κ2) is 5.49. The summed E-state index contributed by atoms with van der Waals surface area (Å²) in [6.07, 6.45) is 0. The molecule has 0 aliphatic heterocycles. The Hall–Kier alpha value is -1.15. The molecule has 0 N–H and O–H groups in total. The summed E-state index contributed by atoms with van der Waals surface area (Å²) < 4.78 is 32.2. The molecule has 2 aromatic heterocycles. The highest BCUT2D eigenvalue weighted by Gasteiger charge is 2.17. The monoisotopic (exact) mass is 372 g/mol. The molecule has 0 spiro atoms. The first-order valence-corrected chi connectivity index (χ1v) is 9.86. The van der Waals surface area contributed by atoms with Crippen molar-refractivity contribution in [1.29, 1.82) is 0 Å². The van der Waals surface area contributed by atoms with Crippen LogP contribution in [0.3, 0.4) is 0 Å². The largest absolute Gasteiger partial charge is 0.319 e. The van der Waals surface area contributed by atoms with E-state index in [-0.39, 0.29) is 4.21 Å². The Morgan fingerprint density at radius 2 is 1.91 bits per heavy atom. The SMILES string of the molecule is Cc1cc(C)c2c(c1)sc(=NS(=O)(=O)c1ccc(Cl)s1)n2C. The van der Waals surface area contributed by atoms with Crippen molar-refractivity contribution in [3.05, 3.63) is 44.5 Å². The van der Waals surface area contributed by atoms with Gasteiger partial charge in [-0.1, -0.05) is 29.0 Å². The van der Waals surface area contributed by atoms with Gasteiger partial charge in [0.2, 0.25) is 4.80 Å². The van der Waals surface area contributed by atoms with Gasteiger partial charge in [0, 0.05) is 7.05 Å². The maximum Gasteiger partial charge on any atom is 0.294 e. The lowest BCUT2D eigenvalue weighted by atomic mass is 10.1. The number of halogens is 1. The van der Waals surface area contributed by atoms with Crippen LogP contribution in [0.1, 0.15) is 11.1 Å². The molecule has 4 nitrogen and oxygen atoms in total. The molecule has 0 unspecified atom stereocenters. The summed E-state index contributed by atoms with van der Waals surface area (Å²) in [7, 11) is -1.91. The van der Waals surface area contributed by atoms with E-state index in [1.807, 2.05) is 31.5 Å². The quantitative estimate of drug-likeness (QED) is 0.685. The summed E-state index contributed by atoms with van der Waals surface area (Å²) in [5.74, 6) is 0. The van der Waals surface area contributed by atoms with Crippen LogP contribution >= 0.6 is 34.3 Å². The van der Waals surface area contributed by atoms with Crippen molar-refractivity contribution in [3.63, 3.8) is 0 Å². The molecule has 0 bridgehead atoms. The van der Waals surface area contributed by atoms with E-state index >= 15 is 0 Å².